The quantitative estimate of drug-likeness (QED) is 0.680. The first kappa shape index (κ1) is 10.5. The van der Waals surface area contributed by atoms with Gasteiger partial charge >= 0.3 is 0 Å². The molecule has 6 nitrogen and oxygen atoms in total. The molecule has 0 fully saturated rings. The molecule has 0 radical (unpaired) electrons. The number of H-pyrrole nitrogens is 1. The van der Waals surface area contributed by atoms with Gasteiger partial charge in [-0.1, -0.05) is 10.7 Å². The summed E-state index contributed by atoms with van der Waals surface area (Å²) in [5, 5.41) is 0.912. The van der Waals surface area contributed by atoms with Crippen molar-refractivity contribution in [3.63, 3.8) is 0 Å². The van der Waals surface area contributed by atoms with Gasteiger partial charge in [0.05, 0.1) is 11.6 Å². The molecular formula is C13H13N4O2+. The second-order valence-corrected chi connectivity index (χ2v) is 4.82. The molecule has 0 saturated carbocycles. The van der Waals surface area contributed by atoms with Crippen LogP contribution in [0.5, 0.6) is 0 Å². The molecule has 4 rings (SSSR count). The van der Waals surface area contributed by atoms with Crippen LogP contribution in [-0.4, -0.2) is 14.7 Å². The molecule has 0 saturated heterocycles. The number of hydrogen-bond donors (Lipinski definition) is 1. The van der Waals surface area contributed by atoms with Gasteiger partial charge in [0, 0.05) is 6.20 Å². The van der Waals surface area contributed by atoms with Crippen LogP contribution in [0.1, 0.15) is 25.3 Å². The zero-order valence-electron chi connectivity index (χ0n) is 10.2. The van der Waals surface area contributed by atoms with Crippen molar-refractivity contribution >= 4 is 22.1 Å². The molecule has 1 atom stereocenters. The topological polar surface area (TPSA) is 69.7 Å². The first-order chi connectivity index (χ1) is 9.34. The molecule has 3 aromatic heterocycles. The Morgan fingerprint density at radius 1 is 1.53 bits per heavy atom. The van der Waals surface area contributed by atoms with Gasteiger partial charge < -0.3 is 4.98 Å². The minimum absolute atomic E-state index is 0.104. The van der Waals surface area contributed by atoms with Crippen molar-refractivity contribution in [2.75, 3.05) is 0 Å². The Hall–Kier alpha value is -2.37. The zero-order valence-corrected chi connectivity index (χ0v) is 10.2. The van der Waals surface area contributed by atoms with E-state index in [9.17, 15) is 4.91 Å². The lowest BCUT2D eigenvalue weighted by molar-refractivity contribution is -0.699. The monoisotopic (exact) mass is 257 g/mol. The van der Waals surface area contributed by atoms with Crippen LogP contribution in [0.15, 0.2) is 35.2 Å². The number of aromatic nitrogens is 4. The third-order valence-electron chi connectivity index (χ3n) is 3.65. The van der Waals surface area contributed by atoms with Crippen molar-refractivity contribution in [1.82, 2.24) is 14.7 Å². The Bertz CT molecular complexity index is 839. The first-order valence-corrected chi connectivity index (χ1v) is 6.42. The average Bonchev–Trinajstić information content (AvgIpc) is 3.04. The molecule has 0 amide bonds. The van der Waals surface area contributed by atoms with E-state index < -0.39 is 0 Å². The number of rotatable bonds is 1. The maximum Gasteiger partial charge on any atom is 0.291 e. The second kappa shape index (κ2) is 3.81. The maximum absolute atomic E-state index is 11.9. The van der Waals surface area contributed by atoms with E-state index in [1.165, 1.54) is 0 Å². The van der Waals surface area contributed by atoms with Gasteiger partial charge in [-0.15, -0.1) is 0 Å². The number of hydrogen-bond acceptors (Lipinski definition) is 3. The second-order valence-electron chi connectivity index (χ2n) is 4.82. The number of fused-ring (bicyclic) bond motifs is 3. The van der Waals surface area contributed by atoms with Gasteiger partial charge in [-0.25, -0.2) is 4.98 Å². The highest BCUT2D eigenvalue weighted by Crippen LogP contribution is 2.28. The Labute approximate surface area is 107 Å². The standard InChI is InChI=1S/C13H13N4O2/c18-17-11-8-15-13-10(6-7-14-13)12(11)16(19-17)9-4-2-1-3-5-9/h2,4,6-9H,1,3,5H2,(H,14,15)/q+1. The van der Waals surface area contributed by atoms with Crippen LogP contribution >= 0.6 is 0 Å². The SMILES string of the molecule is O=[n+]1on(C2C=CCCC2)c2c3cc[nH]c3ncc21. The molecule has 0 spiro atoms. The molecule has 1 aliphatic carbocycles. The highest BCUT2D eigenvalue weighted by Gasteiger charge is 2.27. The molecular weight excluding hydrogens is 244 g/mol. The number of allylic oxidation sites excluding steroid dienone is 2. The zero-order chi connectivity index (χ0) is 12.8. The van der Waals surface area contributed by atoms with Crippen molar-refractivity contribution in [3.8, 4) is 0 Å². The summed E-state index contributed by atoms with van der Waals surface area (Å²) in [5.74, 6) is 0. The van der Waals surface area contributed by atoms with Crippen LogP contribution in [-0.2, 0) is 0 Å². The third kappa shape index (κ3) is 1.46. The van der Waals surface area contributed by atoms with E-state index in [0.29, 0.717) is 10.1 Å². The fourth-order valence-corrected chi connectivity index (χ4v) is 2.73. The minimum Gasteiger partial charge on any atom is -0.346 e. The number of nitrogens with zero attached hydrogens (tertiary/aromatic N) is 3. The van der Waals surface area contributed by atoms with Crippen molar-refractivity contribution in [3.05, 3.63) is 35.5 Å². The van der Waals surface area contributed by atoms with Crippen molar-refractivity contribution in [1.29, 1.82) is 0 Å². The summed E-state index contributed by atoms with van der Waals surface area (Å²) >= 11 is 0. The summed E-state index contributed by atoms with van der Waals surface area (Å²) in [4.78, 5) is 19.1. The van der Waals surface area contributed by atoms with E-state index in [2.05, 4.69) is 22.1 Å². The highest BCUT2D eigenvalue weighted by atomic mass is 16.7. The Balaban J connectivity index is 2.09. The average molecular weight is 257 g/mol. The van der Waals surface area contributed by atoms with Crippen LogP contribution in [0, 0.1) is 4.91 Å². The van der Waals surface area contributed by atoms with Gasteiger partial charge in [0.15, 0.2) is 10.6 Å². The molecule has 3 aromatic rings. The summed E-state index contributed by atoms with van der Waals surface area (Å²) in [5.41, 5.74) is 2.03. The molecule has 1 unspecified atom stereocenters. The lowest BCUT2D eigenvalue weighted by atomic mass is 10.0. The molecule has 1 aliphatic rings. The van der Waals surface area contributed by atoms with Gasteiger partial charge in [-0.2, -0.15) is 0 Å². The molecule has 0 bridgehead atoms. The first-order valence-electron chi connectivity index (χ1n) is 6.42. The lowest BCUT2D eigenvalue weighted by Crippen LogP contribution is -2.12. The molecule has 3 heterocycles. The summed E-state index contributed by atoms with van der Waals surface area (Å²) in [7, 11) is 0. The minimum atomic E-state index is 0.104. The summed E-state index contributed by atoms with van der Waals surface area (Å²) in [6, 6.07) is 2.02. The highest BCUT2D eigenvalue weighted by molar-refractivity contribution is 5.99. The Morgan fingerprint density at radius 2 is 2.47 bits per heavy atom. The fraction of sp³-hybridized carbons (Fsp3) is 0.308. The lowest BCUT2D eigenvalue weighted by Gasteiger charge is -2.10. The summed E-state index contributed by atoms with van der Waals surface area (Å²) in [6.07, 6.45) is 10.8. The number of aromatic amines is 1. The fourth-order valence-electron chi connectivity index (χ4n) is 2.73. The molecule has 19 heavy (non-hydrogen) atoms. The normalized spacial score (nSPS) is 19.5. The van der Waals surface area contributed by atoms with E-state index in [0.717, 1.165) is 35.8 Å². The van der Waals surface area contributed by atoms with Crippen LogP contribution in [0.4, 0.5) is 0 Å². The van der Waals surface area contributed by atoms with Crippen molar-refractivity contribution in [2.24, 2.45) is 0 Å². The predicted molar refractivity (Wildman–Crippen MR) is 69.3 cm³/mol. The van der Waals surface area contributed by atoms with Gasteiger partial charge in [-0.3, -0.25) is 0 Å². The molecule has 1 N–H and O–H groups in total. The van der Waals surface area contributed by atoms with E-state index in [4.69, 9.17) is 4.63 Å². The van der Waals surface area contributed by atoms with Crippen molar-refractivity contribution in [2.45, 2.75) is 25.3 Å². The molecule has 96 valence electrons. The molecule has 0 aromatic carbocycles. The van der Waals surface area contributed by atoms with Crippen LogP contribution in [0.25, 0.3) is 22.1 Å². The number of pyridine rings is 1. The van der Waals surface area contributed by atoms with Gasteiger partial charge in [0.1, 0.15) is 5.65 Å². The maximum atomic E-state index is 11.9. The van der Waals surface area contributed by atoms with Crippen LogP contribution in [0.2, 0.25) is 0 Å². The van der Waals surface area contributed by atoms with Gasteiger partial charge in [0.2, 0.25) is 5.52 Å². The van der Waals surface area contributed by atoms with Gasteiger partial charge in [-0.05, 0) is 41.1 Å². The van der Waals surface area contributed by atoms with Crippen LogP contribution < -0.4 is 4.60 Å². The van der Waals surface area contributed by atoms with Gasteiger partial charge in [0.25, 0.3) is 5.52 Å². The Kier molecular flexibility index (Phi) is 2.11. The third-order valence-corrected chi connectivity index (χ3v) is 3.65. The predicted octanol–water partition coefficient (Wildman–Crippen LogP) is 2.31. The Morgan fingerprint density at radius 3 is 3.32 bits per heavy atom. The molecule has 0 aliphatic heterocycles. The van der Waals surface area contributed by atoms with E-state index in [-0.39, 0.29) is 6.04 Å². The largest absolute Gasteiger partial charge is 0.346 e. The summed E-state index contributed by atoms with van der Waals surface area (Å²) < 4.78 is 7.60. The summed E-state index contributed by atoms with van der Waals surface area (Å²) in [6.45, 7) is 0. The van der Waals surface area contributed by atoms with Crippen molar-refractivity contribution < 1.29 is 9.23 Å². The van der Waals surface area contributed by atoms with Crippen LogP contribution in [0.3, 0.4) is 0 Å². The van der Waals surface area contributed by atoms with E-state index in [1.807, 2.05) is 12.3 Å². The molecule has 6 heteroatoms. The van der Waals surface area contributed by atoms with E-state index in [1.54, 1.807) is 10.9 Å². The van der Waals surface area contributed by atoms with E-state index >= 15 is 0 Å². The number of nitrogens with one attached hydrogen (secondary N) is 1. The smallest absolute Gasteiger partial charge is 0.291 e.